The second kappa shape index (κ2) is 9.90. The fraction of sp³-hybridized carbons (Fsp3) is 0.130. The van der Waals surface area contributed by atoms with E-state index in [1.165, 1.54) is 12.1 Å². The first-order valence-electron chi connectivity index (χ1n) is 9.63. The molecule has 0 radical (unpaired) electrons. The number of ether oxygens (including phenoxy) is 1. The van der Waals surface area contributed by atoms with Crippen molar-refractivity contribution >= 4 is 17.4 Å². The summed E-state index contributed by atoms with van der Waals surface area (Å²) in [5.41, 5.74) is 2.76. The predicted octanol–water partition coefficient (Wildman–Crippen LogP) is 4.31. The minimum Gasteiger partial charge on any atom is -0.430 e. The smallest absolute Gasteiger partial charge is 0.298 e. The molecule has 0 spiro atoms. The molecule has 2 aromatic heterocycles. The molecule has 2 aromatic carbocycles. The van der Waals surface area contributed by atoms with Crippen molar-refractivity contribution in [2.24, 2.45) is 0 Å². The normalized spacial score (nSPS) is 10.6. The maximum absolute atomic E-state index is 13.0. The molecule has 31 heavy (non-hydrogen) atoms. The number of benzene rings is 2. The van der Waals surface area contributed by atoms with E-state index in [1.54, 1.807) is 36.7 Å². The van der Waals surface area contributed by atoms with Crippen LogP contribution < -0.4 is 10.1 Å². The number of amides is 1. The number of nitrogens with zero attached hydrogens (tertiary/aromatic N) is 3. The molecule has 0 saturated heterocycles. The van der Waals surface area contributed by atoms with E-state index in [-0.39, 0.29) is 18.1 Å². The molecule has 0 aliphatic carbocycles. The van der Waals surface area contributed by atoms with Crippen LogP contribution in [0.15, 0.2) is 73.1 Å². The quantitative estimate of drug-likeness (QED) is 0.447. The molecule has 0 atom stereocenters. The largest absolute Gasteiger partial charge is 0.430 e. The number of carbonyl (C=O) groups is 1. The van der Waals surface area contributed by atoms with Gasteiger partial charge in [-0.3, -0.25) is 9.78 Å². The van der Waals surface area contributed by atoms with Crippen molar-refractivity contribution in [1.29, 1.82) is 0 Å². The average Bonchev–Trinajstić information content (AvgIpc) is 3.23. The van der Waals surface area contributed by atoms with Crippen LogP contribution in [0.4, 0.5) is 4.39 Å². The lowest BCUT2D eigenvalue weighted by Crippen LogP contribution is -2.24. The van der Waals surface area contributed by atoms with E-state index in [4.69, 9.17) is 4.74 Å². The first kappa shape index (κ1) is 20.6. The van der Waals surface area contributed by atoms with Crippen LogP contribution in [0.1, 0.15) is 22.5 Å². The zero-order valence-electron chi connectivity index (χ0n) is 16.5. The van der Waals surface area contributed by atoms with Gasteiger partial charge in [-0.25, -0.2) is 4.39 Å². The Labute approximate surface area is 182 Å². The van der Waals surface area contributed by atoms with Crippen molar-refractivity contribution < 1.29 is 13.9 Å². The van der Waals surface area contributed by atoms with Gasteiger partial charge in [-0.2, -0.15) is 9.36 Å². The summed E-state index contributed by atoms with van der Waals surface area (Å²) >= 11 is 1.16. The topological polar surface area (TPSA) is 77.0 Å². The Bertz CT molecular complexity index is 1130. The predicted molar refractivity (Wildman–Crippen MR) is 115 cm³/mol. The standard InChI is InChI=1S/C23H19FN4O2S/c24-19-7-3-16(4-8-19)12-21-27-23(31-28-21)30-20-9-5-17(6-10-20)13-22(29)26-15-18-2-1-11-25-14-18/h1-11,14H,12-13,15H2,(H,26,29). The van der Waals surface area contributed by atoms with Crippen molar-refractivity contribution in [3.63, 3.8) is 0 Å². The number of hydrogen-bond acceptors (Lipinski definition) is 6. The summed E-state index contributed by atoms with van der Waals surface area (Å²) < 4.78 is 23.1. The molecule has 0 aliphatic rings. The van der Waals surface area contributed by atoms with Crippen LogP contribution in [0.5, 0.6) is 10.9 Å². The molecule has 4 aromatic rings. The maximum atomic E-state index is 13.0. The molecule has 0 fully saturated rings. The number of pyridine rings is 1. The number of nitrogens with one attached hydrogen (secondary N) is 1. The van der Waals surface area contributed by atoms with Crippen molar-refractivity contribution in [2.45, 2.75) is 19.4 Å². The van der Waals surface area contributed by atoms with E-state index in [1.807, 2.05) is 24.3 Å². The first-order chi connectivity index (χ1) is 15.1. The summed E-state index contributed by atoms with van der Waals surface area (Å²) in [6, 6.07) is 17.3. The van der Waals surface area contributed by atoms with Crippen LogP contribution in [0.3, 0.4) is 0 Å². The third-order valence-corrected chi connectivity index (χ3v) is 5.06. The highest BCUT2D eigenvalue weighted by molar-refractivity contribution is 7.07. The molecule has 8 heteroatoms. The van der Waals surface area contributed by atoms with Crippen LogP contribution in [-0.4, -0.2) is 20.2 Å². The number of carbonyl (C=O) groups excluding carboxylic acids is 1. The Morgan fingerprint density at radius 1 is 1.00 bits per heavy atom. The molecular weight excluding hydrogens is 415 g/mol. The van der Waals surface area contributed by atoms with E-state index in [0.717, 1.165) is 28.2 Å². The Morgan fingerprint density at radius 2 is 1.77 bits per heavy atom. The zero-order chi connectivity index (χ0) is 21.5. The molecule has 0 bridgehead atoms. The van der Waals surface area contributed by atoms with Crippen molar-refractivity contribution in [1.82, 2.24) is 19.7 Å². The van der Waals surface area contributed by atoms with Crippen LogP contribution in [0.25, 0.3) is 0 Å². The van der Waals surface area contributed by atoms with Crippen molar-refractivity contribution in [3.8, 4) is 10.9 Å². The summed E-state index contributed by atoms with van der Waals surface area (Å²) in [6.45, 7) is 0.450. The molecule has 0 unspecified atom stereocenters. The van der Waals surface area contributed by atoms with E-state index in [2.05, 4.69) is 19.7 Å². The van der Waals surface area contributed by atoms with E-state index in [0.29, 0.717) is 29.7 Å². The summed E-state index contributed by atoms with van der Waals surface area (Å²) in [7, 11) is 0. The minimum absolute atomic E-state index is 0.0629. The third kappa shape index (κ3) is 6.16. The molecule has 2 heterocycles. The number of hydrogen-bond donors (Lipinski definition) is 1. The first-order valence-corrected chi connectivity index (χ1v) is 10.4. The van der Waals surface area contributed by atoms with Crippen LogP contribution in [-0.2, 0) is 24.2 Å². The second-order valence-electron chi connectivity index (χ2n) is 6.84. The van der Waals surface area contributed by atoms with Gasteiger partial charge in [-0.05, 0) is 47.0 Å². The molecule has 1 N–H and O–H groups in total. The van der Waals surface area contributed by atoms with E-state index >= 15 is 0 Å². The fourth-order valence-electron chi connectivity index (χ4n) is 2.86. The van der Waals surface area contributed by atoms with E-state index in [9.17, 15) is 9.18 Å². The average molecular weight is 434 g/mol. The highest BCUT2D eigenvalue weighted by Gasteiger charge is 2.09. The molecule has 6 nitrogen and oxygen atoms in total. The molecule has 0 saturated carbocycles. The van der Waals surface area contributed by atoms with Crippen molar-refractivity contribution in [3.05, 3.63) is 101 Å². The van der Waals surface area contributed by atoms with E-state index < -0.39 is 0 Å². The lowest BCUT2D eigenvalue weighted by molar-refractivity contribution is -0.120. The minimum atomic E-state index is -0.270. The van der Waals surface area contributed by atoms with Crippen LogP contribution in [0.2, 0.25) is 0 Å². The monoisotopic (exact) mass is 434 g/mol. The fourth-order valence-corrected chi connectivity index (χ4v) is 3.43. The Balaban J connectivity index is 1.28. The summed E-state index contributed by atoms with van der Waals surface area (Å²) in [5.74, 6) is 0.901. The molecule has 1 amide bonds. The van der Waals surface area contributed by atoms with Gasteiger partial charge in [0.2, 0.25) is 5.91 Å². The summed E-state index contributed by atoms with van der Waals surface area (Å²) in [5, 5.41) is 3.31. The SMILES string of the molecule is O=C(Cc1ccc(Oc2nc(Cc3ccc(F)cc3)ns2)cc1)NCc1cccnc1. The van der Waals surface area contributed by atoms with Gasteiger partial charge in [0.15, 0.2) is 5.82 Å². The van der Waals surface area contributed by atoms with Crippen molar-refractivity contribution in [2.75, 3.05) is 0 Å². The third-order valence-electron chi connectivity index (χ3n) is 4.43. The van der Waals surface area contributed by atoms with Crippen LogP contribution >= 0.6 is 11.5 Å². The zero-order valence-corrected chi connectivity index (χ0v) is 17.3. The summed E-state index contributed by atoms with van der Waals surface area (Å²) in [6.07, 6.45) is 4.21. The van der Waals surface area contributed by atoms with Gasteiger partial charge in [0.1, 0.15) is 11.6 Å². The Kier molecular flexibility index (Phi) is 6.59. The Morgan fingerprint density at radius 3 is 2.52 bits per heavy atom. The molecule has 156 valence electrons. The van der Waals surface area contributed by atoms with Gasteiger partial charge in [0, 0.05) is 36.9 Å². The second-order valence-corrected chi connectivity index (χ2v) is 7.55. The van der Waals surface area contributed by atoms with Crippen LogP contribution in [0, 0.1) is 5.82 Å². The molecule has 4 rings (SSSR count). The summed E-state index contributed by atoms with van der Waals surface area (Å²) in [4.78, 5) is 20.5. The number of halogens is 1. The van der Waals surface area contributed by atoms with Gasteiger partial charge in [-0.15, -0.1) is 0 Å². The Hall–Kier alpha value is -3.65. The van der Waals surface area contributed by atoms with Gasteiger partial charge in [0.05, 0.1) is 6.42 Å². The highest BCUT2D eigenvalue weighted by atomic mass is 32.1. The van der Waals surface area contributed by atoms with Gasteiger partial charge >= 0.3 is 0 Å². The highest BCUT2D eigenvalue weighted by Crippen LogP contribution is 2.24. The molecule has 0 aliphatic heterocycles. The lowest BCUT2D eigenvalue weighted by atomic mass is 10.1. The van der Waals surface area contributed by atoms with Gasteiger partial charge in [0.25, 0.3) is 5.19 Å². The molecular formula is C23H19FN4O2S. The van der Waals surface area contributed by atoms with Gasteiger partial charge < -0.3 is 10.1 Å². The van der Waals surface area contributed by atoms with Gasteiger partial charge in [-0.1, -0.05) is 30.3 Å². The number of aromatic nitrogens is 3. The lowest BCUT2D eigenvalue weighted by Gasteiger charge is -2.06. The maximum Gasteiger partial charge on any atom is 0.298 e. The number of rotatable bonds is 8.